The Hall–Kier alpha value is -1.60. The largest absolute Gasteiger partial charge is 0.349 e. The van der Waals surface area contributed by atoms with Gasteiger partial charge in [0, 0.05) is 28.7 Å². The first-order chi connectivity index (χ1) is 15.2. The number of nitrogens with one attached hydrogen (secondary N) is 1. The predicted octanol–water partition coefficient (Wildman–Crippen LogP) is 5.44. The minimum Gasteiger partial charge on any atom is -0.349 e. The lowest BCUT2D eigenvalue weighted by Crippen LogP contribution is -2.46. The number of benzene rings is 2. The summed E-state index contributed by atoms with van der Waals surface area (Å²) in [6, 6.07) is 14.7. The Labute approximate surface area is 201 Å². The number of carbonyl (C=O) groups is 1. The monoisotopic (exact) mass is 496 g/mol. The first-order valence-corrected chi connectivity index (χ1v) is 13.3. The third kappa shape index (κ3) is 6.47. The first-order valence-electron chi connectivity index (χ1n) is 10.9. The van der Waals surface area contributed by atoms with Gasteiger partial charge in [-0.05, 0) is 42.9 Å². The molecule has 1 heterocycles. The minimum absolute atomic E-state index is 0.0994. The van der Waals surface area contributed by atoms with Gasteiger partial charge in [0.05, 0.1) is 17.7 Å². The number of rotatable bonds is 8. The minimum atomic E-state index is -3.66. The van der Waals surface area contributed by atoms with E-state index < -0.39 is 15.9 Å². The Balaban J connectivity index is 1.71. The van der Waals surface area contributed by atoms with Gasteiger partial charge >= 0.3 is 0 Å². The van der Waals surface area contributed by atoms with Crippen LogP contribution >= 0.6 is 23.2 Å². The summed E-state index contributed by atoms with van der Waals surface area (Å²) in [6.45, 7) is 4.80. The van der Waals surface area contributed by atoms with Crippen molar-refractivity contribution >= 4 is 39.1 Å². The van der Waals surface area contributed by atoms with Crippen molar-refractivity contribution in [2.75, 3.05) is 13.1 Å². The zero-order chi connectivity index (χ0) is 23.3. The molecule has 1 aliphatic heterocycles. The number of hydrogen-bond donors (Lipinski definition) is 1. The second-order valence-corrected chi connectivity index (χ2v) is 11.5. The quantitative estimate of drug-likeness (QED) is 0.528. The first kappa shape index (κ1) is 25.0. The molecule has 0 radical (unpaired) electrons. The van der Waals surface area contributed by atoms with E-state index in [0.29, 0.717) is 40.9 Å². The normalized spacial score (nSPS) is 18.5. The SMILES string of the molecule is CC(C)CC(NC(=O)C1CCCN(S(=O)(=O)Cc2c(Cl)cccc2Cl)C1)c1ccccc1. The van der Waals surface area contributed by atoms with Gasteiger partial charge in [0.1, 0.15) is 0 Å². The van der Waals surface area contributed by atoms with E-state index >= 15 is 0 Å². The molecule has 2 unspecified atom stereocenters. The van der Waals surface area contributed by atoms with Crippen LogP contribution in [0.5, 0.6) is 0 Å². The van der Waals surface area contributed by atoms with Gasteiger partial charge in [0.15, 0.2) is 0 Å². The molecule has 2 aromatic carbocycles. The average molecular weight is 497 g/mol. The van der Waals surface area contributed by atoms with Gasteiger partial charge < -0.3 is 5.32 Å². The number of amides is 1. The van der Waals surface area contributed by atoms with Crippen molar-refractivity contribution in [3.8, 4) is 0 Å². The van der Waals surface area contributed by atoms with Crippen LogP contribution in [0.25, 0.3) is 0 Å². The summed E-state index contributed by atoms with van der Waals surface area (Å²) in [6.07, 6.45) is 2.11. The van der Waals surface area contributed by atoms with Crippen LogP contribution in [0.4, 0.5) is 0 Å². The Morgan fingerprint density at radius 3 is 2.38 bits per heavy atom. The summed E-state index contributed by atoms with van der Waals surface area (Å²) >= 11 is 12.4. The number of hydrogen-bond acceptors (Lipinski definition) is 3. The van der Waals surface area contributed by atoms with E-state index in [1.165, 1.54) is 4.31 Å². The molecule has 1 amide bonds. The van der Waals surface area contributed by atoms with Crippen LogP contribution in [-0.4, -0.2) is 31.7 Å². The smallest absolute Gasteiger partial charge is 0.224 e. The molecule has 174 valence electrons. The highest BCUT2D eigenvalue weighted by Gasteiger charge is 2.34. The average Bonchev–Trinajstić information content (AvgIpc) is 2.76. The fourth-order valence-electron chi connectivity index (χ4n) is 4.08. The van der Waals surface area contributed by atoms with E-state index in [1.807, 2.05) is 30.3 Å². The van der Waals surface area contributed by atoms with Crippen molar-refractivity contribution < 1.29 is 13.2 Å². The van der Waals surface area contributed by atoms with Gasteiger partial charge in [-0.15, -0.1) is 0 Å². The summed E-state index contributed by atoms with van der Waals surface area (Å²) in [7, 11) is -3.66. The zero-order valence-corrected chi connectivity index (χ0v) is 20.8. The van der Waals surface area contributed by atoms with Gasteiger partial charge in [0.25, 0.3) is 0 Å². The fourth-order valence-corrected chi connectivity index (χ4v) is 6.44. The Morgan fingerprint density at radius 2 is 1.75 bits per heavy atom. The highest BCUT2D eigenvalue weighted by Crippen LogP contribution is 2.29. The van der Waals surface area contributed by atoms with Gasteiger partial charge in [-0.1, -0.05) is 73.4 Å². The van der Waals surface area contributed by atoms with Gasteiger partial charge in [0.2, 0.25) is 15.9 Å². The van der Waals surface area contributed by atoms with E-state index in [4.69, 9.17) is 23.2 Å². The van der Waals surface area contributed by atoms with E-state index in [-0.39, 0.29) is 24.2 Å². The molecular weight excluding hydrogens is 467 g/mol. The fraction of sp³-hybridized carbons (Fsp3) is 0.458. The van der Waals surface area contributed by atoms with Crippen molar-refractivity contribution in [2.45, 2.75) is 44.9 Å². The molecule has 1 N–H and O–H groups in total. The number of piperidine rings is 1. The summed E-state index contributed by atoms with van der Waals surface area (Å²) in [5, 5.41) is 3.82. The maximum Gasteiger partial charge on any atom is 0.224 e. The molecule has 0 saturated carbocycles. The van der Waals surface area contributed by atoms with Crippen LogP contribution in [0, 0.1) is 11.8 Å². The molecule has 3 rings (SSSR count). The lowest BCUT2D eigenvalue weighted by Gasteiger charge is -2.32. The van der Waals surface area contributed by atoms with E-state index in [1.54, 1.807) is 18.2 Å². The van der Waals surface area contributed by atoms with Crippen molar-refractivity contribution in [1.82, 2.24) is 9.62 Å². The summed E-state index contributed by atoms with van der Waals surface area (Å²) in [4.78, 5) is 13.1. The summed E-state index contributed by atoms with van der Waals surface area (Å²) < 4.78 is 27.6. The Bertz CT molecular complexity index is 1010. The molecule has 1 fully saturated rings. The van der Waals surface area contributed by atoms with Crippen molar-refractivity contribution in [1.29, 1.82) is 0 Å². The van der Waals surface area contributed by atoms with Crippen LogP contribution in [-0.2, 0) is 20.6 Å². The molecule has 0 bridgehead atoms. The lowest BCUT2D eigenvalue weighted by molar-refractivity contribution is -0.127. The maximum absolute atomic E-state index is 13.1. The summed E-state index contributed by atoms with van der Waals surface area (Å²) in [5.41, 5.74) is 1.45. The molecule has 0 aromatic heterocycles. The molecular formula is C24H30Cl2N2O3S. The van der Waals surface area contributed by atoms with Gasteiger partial charge in [-0.25, -0.2) is 12.7 Å². The highest BCUT2D eigenvalue weighted by molar-refractivity contribution is 7.88. The highest BCUT2D eigenvalue weighted by atomic mass is 35.5. The molecule has 2 atom stereocenters. The third-order valence-electron chi connectivity index (χ3n) is 5.76. The number of carbonyl (C=O) groups excluding carboxylic acids is 1. The molecule has 0 aliphatic carbocycles. The van der Waals surface area contributed by atoms with Crippen molar-refractivity contribution in [2.24, 2.45) is 11.8 Å². The Morgan fingerprint density at radius 1 is 1.09 bits per heavy atom. The van der Waals surface area contributed by atoms with E-state index in [2.05, 4.69) is 19.2 Å². The van der Waals surface area contributed by atoms with E-state index in [0.717, 1.165) is 12.0 Å². The van der Waals surface area contributed by atoms with Gasteiger partial charge in [-0.2, -0.15) is 0 Å². The maximum atomic E-state index is 13.1. The molecule has 1 saturated heterocycles. The molecule has 2 aromatic rings. The number of sulfonamides is 1. The molecule has 1 aliphatic rings. The van der Waals surface area contributed by atoms with Crippen LogP contribution in [0.2, 0.25) is 10.0 Å². The second-order valence-electron chi connectivity index (χ2n) is 8.76. The molecule has 0 spiro atoms. The summed E-state index contributed by atoms with van der Waals surface area (Å²) in [5.74, 6) is -0.363. The lowest BCUT2D eigenvalue weighted by atomic mass is 9.94. The number of nitrogens with zero attached hydrogens (tertiary/aromatic N) is 1. The standard InChI is InChI=1S/C24H30Cl2N2O3S/c1-17(2)14-23(18-8-4-3-5-9-18)27-24(29)19-10-7-13-28(15-19)32(30,31)16-20-21(25)11-6-12-22(20)26/h3-6,8-9,11-12,17,19,23H,7,10,13-16H2,1-2H3,(H,27,29). The molecule has 32 heavy (non-hydrogen) atoms. The third-order valence-corrected chi connectivity index (χ3v) is 8.24. The van der Waals surface area contributed by atoms with Crippen LogP contribution in [0.3, 0.4) is 0 Å². The zero-order valence-electron chi connectivity index (χ0n) is 18.4. The molecule has 5 nitrogen and oxygen atoms in total. The van der Waals surface area contributed by atoms with Crippen LogP contribution in [0.1, 0.15) is 50.3 Å². The molecule has 8 heteroatoms. The Kier molecular flexibility index (Phi) is 8.62. The predicted molar refractivity (Wildman–Crippen MR) is 130 cm³/mol. The van der Waals surface area contributed by atoms with Crippen molar-refractivity contribution in [3.63, 3.8) is 0 Å². The second kappa shape index (κ2) is 11.0. The van der Waals surface area contributed by atoms with Gasteiger partial charge in [-0.3, -0.25) is 4.79 Å². The topological polar surface area (TPSA) is 66.5 Å². The van der Waals surface area contributed by atoms with Crippen LogP contribution < -0.4 is 5.32 Å². The van der Waals surface area contributed by atoms with Crippen LogP contribution in [0.15, 0.2) is 48.5 Å². The van der Waals surface area contributed by atoms with Crippen molar-refractivity contribution in [3.05, 3.63) is 69.7 Å². The van der Waals surface area contributed by atoms with E-state index in [9.17, 15) is 13.2 Å². The number of halogens is 2.